The van der Waals surface area contributed by atoms with Gasteiger partial charge in [0.05, 0.1) is 18.9 Å². The first-order valence-corrected chi connectivity index (χ1v) is 12.4. The molecule has 4 atom stereocenters. The largest absolute Gasteiger partial charge is 0.481 e. The summed E-state index contributed by atoms with van der Waals surface area (Å²) in [6.07, 6.45) is -1.29. The number of unbranched alkanes of at least 4 members (excludes halogenated alkanes) is 1. The van der Waals surface area contributed by atoms with Crippen LogP contribution < -0.4 is 21.3 Å². The van der Waals surface area contributed by atoms with Gasteiger partial charge in [0.2, 0.25) is 23.6 Å². The van der Waals surface area contributed by atoms with Crippen molar-refractivity contribution in [3.8, 4) is 0 Å². The molecule has 0 bridgehead atoms. The summed E-state index contributed by atoms with van der Waals surface area (Å²) in [6.45, 7) is 6.00. The maximum absolute atomic E-state index is 13.1. The minimum atomic E-state index is -1.56. The van der Waals surface area contributed by atoms with E-state index in [2.05, 4.69) is 21.3 Å². The Morgan fingerprint density at radius 3 is 1.62 bits per heavy atom. The second-order valence-electron chi connectivity index (χ2n) is 9.30. The highest BCUT2D eigenvalue weighted by atomic mass is 16.4. The van der Waals surface area contributed by atoms with Gasteiger partial charge in [-0.2, -0.15) is 0 Å². The zero-order valence-corrected chi connectivity index (χ0v) is 22.4. The van der Waals surface area contributed by atoms with E-state index in [1.165, 1.54) is 0 Å². The summed E-state index contributed by atoms with van der Waals surface area (Å²) in [7, 11) is 0. The molecule has 0 spiro atoms. The Kier molecular flexibility index (Phi) is 15.7. The lowest BCUT2D eigenvalue weighted by molar-refractivity contribution is -0.142. The van der Waals surface area contributed by atoms with Gasteiger partial charge in [0.25, 0.3) is 0 Å². The molecule has 15 nitrogen and oxygen atoms in total. The number of aliphatic carboxylic acids is 3. The molecule has 0 aromatic heterocycles. The number of carboxylic acid groups (broad SMARTS) is 3. The standard InChI is InChI=1S/C24H38N4O11/c1-5-6-7-17(30)15(10-19(33)34)27-24(39)21(12(2)3)28-22(37)14(8-9-18(31)32)26-23(38)16(11-20(35)36)25-13(4)29/h12,14-16,21H,5-11H2,1-4H3,(H,25,29)(H,26,38)(H,27,39)(H,28,37)(H,31,32)(H,33,34)(H,35,36)/t14-,15-,16-,21-/m0/s1. The normalized spacial score (nSPS) is 13.8. The van der Waals surface area contributed by atoms with E-state index in [0.717, 1.165) is 6.92 Å². The quantitative estimate of drug-likeness (QED) is 0.103. The average Bonchev–Trinajstić information content (AvgIpc) is 2.80. The maximum Gasteiger partial charge on any atom is 0.305 e. The Labute approximate surface area is 225 Å². The zero-order valence-electron chi connectivity index (χ0n) is 22.4. The summed E-state index contributed by atoms with van der Waals surface area (Å²) in [5.41, 5.74) is 0. The van der Waals surface area contributed by atoms with Crippen molar-refractivity contribution in [3.63, 3.8) is 0 Å². The third-order valence-electron chi connectivity index (χ3n) is 5.46. The van der Waals surface area contributed by atoms with Gasteiger partial charge in [0.1, 0.15) is 18.1 Å². The highest BCUT2D eigenvalue weighted by molar-refractivity contribution is 5.97. The van der Waals surface area contributed by atoms with E-state index in [9.17, 15) is 38.4 Å². The molecule has 0 aliphatic heterocycles. The lowest BCUT2D eigenvalue weighted by Crippen LogP contribution is -2.59. The molecule has 0 saturated heterocycles. The summed E-state index contributed by atoms with van der Waals surface area (Å²) in [4.78, 5) is 95.9. The summed E-state index contributed by atoms with van der Waals surface area (Å²) >= 11 is 0. The van der Waals surface area contributed by atoms with Gasteiger partial charge < -0.3 is 36.6 Å². The minimum Gasteiger partial charge on any atom is -0.481 e. The highest BCUT2D eigenvalue weighted by Crippen LogP contribution is 2.09. The van der Waals surface area contributed by atoms with Crippen LogP contribution in [0.25, 0.3) is 0 Å². The van der Waals surface area contributed by atoms with E-state index in [-0.39, 0.29) is 6.42 Å². The fourth-order valence-electron chi connectivity index (χ4n) is 3.43. The number of nitrogens with one attached hydrogen (secondary N) is 4. The Bertz CT molecular complexity index is 919. The predicted octanol–water partition coefficient (Wildman–Crippen LogP) is -0.825. The first-order valence-electron chi connectivity index (χ1n) is 12.4. The van der Waals surface area contributed by atoms with Gasteiger partial charge in [-0.05, 0) is 18.8 Å². The third kappa shape index (κ3) is 14.5. The van der Waals surface area contributed by atoms with Crippen LogP contribution >= 0.6 is 0 Å². The predicted molar refractivity (Wildman–Crippen MR) is 134 cm³/mol. The molecule has 0 aromatic rings. The Balaban J connectivity index is 5.82. The SMILES string of the molecule is CCCCC(=O)[C@H](CC(=O)O)NC(=O)[C@@H](NC(=O)[C@H](CCC(=O)O)NC(=O)[C@H](CC(=O)O)NC(C)=O)C(C)C. The monoisotopic (exact) mass is 558 g/mol. The molecule has 4 amide bonds. The summed E-state index contributed by atoms with van der Waals surface area (Å²) in [5.74, 6) is -8.74. The highest BCUT2D eigenvalue weighted by Gasteiger charge is 2.33. The van der Waals surface area contributed by atoms with Crippen molar-refractivity contribution in [1.82, 2.24) is 21.3 Å². The summed E-state index contributed by atoms with van der Waals surface area (Å²) < 4.78 is 0. The second kappa shape index (κ2) is 17.5. The number of carboxylic acids is 3. The first kappa shape index (κ1) is 35.0. The van der Waals surface area contributed by atoms with E-state index in [1.807, 2.05) is 6.92 Å². The van der Waals surface area contributed by atoms with Crippen LogP contribution in [0.15, 0.2) is 0 Å². The smallest absolute Gasteiger partial charge is 0.305 e. The molecule has 0 aliphatic rings. The molecule has 39 heavy (non-hydrogen) atoms. The molecular weight excluding hydrogens is 520 g/mol. The van der Waals surface area contributed by atoms with Crippen LogP contribution in [0.5, 0.6) is 0 Å². The van der Waals surface area contributed by atoms with E-state index in [0.29, 0.717) is 12.8 Å². The first-order chi connectivity index (χ1) is 18.1. The topological polar surface area (TPSA) is 245 Å². The van der Waals surface area contributed by atoms with Gasteiger partial charge in [-0.1, -0.05) is 27.2 Å². The van der Waals surface area contributed by atoms with Crippen molar-refractivity contribution in [1.29, 1.82) is 0 Å². The molecule has 0 aliphatic carbocycles. The lowest BCUT2D eigenvalue weighted by Gasteiger charge is -2.27. The molecule has 7 N–H and O–H groups in total. The molecular formula is C24H38N4O11. The van der Waals surface area contributed by atoms with Crippen LogP contribution in [-0.2, 0) is 38.4 Å². The number of Topliss-reactive ketones (excluding diaryl/α,β-unsaturated/α-hetero) is 1. The van der Waals surface area contributed by atoms with Gasteiger partial charge in [-0.15, -0.1) is 0 Å². The molecule has 0 unspecified atom stereocenters. The van der Waals surface area contributed by atoms with E-state index >= 15 is 0 Å². The van der Waals surface area contributed by atoms with Gasteiger partial charge in [0, 0.05) is 19.8 Å². The number of amides is 4. The van der Waals surface area contributed by atoms with Crippen LogP contribution in [0.4, 0.5) is 0 Å². The van der Waals surface area contributed by atoms with Crippen LogP contribution in [0.2, 0.25) is 0 Å². The number of ketones is 1. The van der Waals surface area contributed by atoms with Crippen molar-refractivity contribution < 1.29 is 53.7 Å². The minimum absolute atomic E-state index is 0.0442. The van der Waals surface area contributed by atoms with Crippen LogP contribution in [0.3, 0.4) is 0 Å². The molecule has 0 aromatic carbocycles. The molecule has 0 rings (SSSR count). The second-order valence-corrected chi connectivity index (χ2v) is 9.30. The molecule has 0 fully saturated rings. The molecule has 0 radical (unpaired) electrons. The van der Waals surface area contributed by atoms with Gasteiger partial charge >= 0.3 is 17.9 Å². The zero-order chi connectivity index (χ0) is 30.3. The lowest BCUT2D eigenvalue weighted by atomic mass is 9.99. The maximum atomic E-state index is 13.1. The van der Waals surface area contributed by atoms with Crippen molar-refractivity contribution in [2.75, 3.05) is 0 Å². The van der Waals surface area contributed by atoms with Gasteiger partial charge in [-0.25, -0.2) is 0 Å². The average molecular weight is 559 g/mol. The van der Waals surface area contributed by atoms with E-state index < -0.39 is 103 Å². The van der Waals surface area contributed by atoms with Crippen LogP contribution in [0, 0.1) is 5.92 Å². The van der Waals surface area contributed by atoms with Crippen molar-refractivity contribution >= 4 is 47.3 Å². The van der Waals surface area contributed by atoms with Crippen molar-refractivity contribution in [3.05, 3.63) is 0 Å². The Morgan fingerprint density at radius 2 is 1.15 bits per heavy atom. The van der Waals surface area contributed by atoms with Crippen LogP contribution in [0.1, 0.15) is 72.6 Å². The fraction of sp³-hybridized carbons (Fsp3) is 0.667. The number of carbonyl (C=O) groups excluding carboxylic acids is 5. The Morgan fingerprint density at radius 1 is 0.641 bits per heavy atom. The third-order valence-corrected chi connectivity index (χ3v) is 5.46. The molecule has 0 heterocycles. The fourth-order valence-corrected chi connectivity index (χ4v) is 3.43. The number of hydrogen-bond acceptors (Lipinski definition) is 8. The van der Waals surface area contributed by atoms with E-state index in [1.54, 1.807) is 13.8 Å². The number of carbonyl (C=O) groups is 8. The van der Waals surface area contributed by atoms with Crippen molar-refractivity contribution in [2.45, 2.75) is 96.8 Å². The van der Waals surface area contributed by atoms with Gasteiger partial charge in [-0.3, -0.25) is 38.4 Å². The summed E-state index contributed by atoms with van der Waals surface area (Å²) in [5, 5.41) is 36.3. The Hall–Kier alpha value is -4.04. The number of rotatable bonds is 19. The summed E-state index contributed by atoms with van der Waals surface area (Å²) in [6, 6.07) is -5.73. The molecule has 0 saturated carbocycles. The van der Waals surface area contributed by atoms with Gasteiger partial charge in [0.15, 0.2) is 5.78 Å². The van der Waals surface area contributed by atoms with E-state index in [4.69, 9.17) is 15.3 Å². The van der Waals surface area contributed by atoms with Crippen LogP contribution in [-0.4, -0.2) is 86.8 Å². The van der Waals surface area contributed by atoms with Crippen molar-refractivity contribution in [2.24, 2.45) is 5.92 Å². The number of hydrogen-bond donors (Lipinski definition) is 7. The molecule has 220 valence electrons. The molecule has 15 heteroatoms.